The first-order chi connectivity index (χ1) is 8.59. The van der Waals surface area contributed by atoms with Crippen LogP contribution in [0.25, 0.3) is 11.5 Å². The van der Waals surface area contributed by atoms with Crippen LogP contribution in [0.3, 0.4) is 0 Å². The molecule has 0 aliphatic carbocycles. The number of amides is 1. The Kier molecular flexibility index (Phi) is 2.14. The van der Waals surface area contributed by atoms with Gasteiger partial charge in [-0.1, -0.05) is 0 Å². The molecule has 0 saturated heterocycles. The second kappa shape index (κ2) is 3.57. The molecule has 1 amide bonds. The first kappa shape index (κ1) is 10.8. The number of carbonyl (C=O) groups excluding carboxylic acids is 1. The molecule has 0 bridgehead atoms. The van der Waals surface area contributed by atoms with E-state index in [0.717, 1.165) is 0 Å². The quantitative estimate of drug-likeness (QED) is 0.637. The predicted octanol–water partition coefficient (Wildman–Crippen LogP) is -0.403. The lowest BCUT2D eigenvalue weighted by Gasteiger charge is -2.35. The van der Waals surface area contributed by atoms with Crippen molar-refractivity contribution in [1.29, 1.82) is 0 Å². The number of hydrogen-bond donors (Lipinski definition) is 3. The van der Waals surface area contributed by atoms with Crippen LogP contribution in [0.2, 0.25) is 0 Å². The van der Waals surface area contributed by atoms with Gasteiger partial charge in [-0.05, 0) is 6.07 Å². The van der Waals surface area contributed by atoms with Gasteiger partial charge in [0.25, 0.3) is 5.91 Å². The Bertz CT molecular complexity index is 590. The van der Waals surface area contributed by atoms with E-state index in [1.165, 1.54) is 16.8 Å². The van der Waals surface area contributed by atoms with Crippen molar-refractivity contribution in [1.82, 2.24) is 25.1 Å². The molecule has 8 heteroatoms. The maximum Gasteiger partial charge on any atom is 0.277 e. The molecule has 0 fully saturated rings. The van der Waals surface area contributed by atoms with Gasteiger partial charge in [-0.25, -0.2) is 4.98 Å². The number of carbonyl (C=O) groups is 1. The number of aliphatic hydroxyl groups excluding tert-OH is 1. The molecule has 0 aromatic carbocycles. The van der Waals surface area contributed by atoms with Crippen LogP contribution in [0.5, 0.6) is 0 Å². The SMILES string of the molecule is CN1C(=O)c2[nH]c(-c3ccn[nH]3)nc2N(C)C1O. The van der Waals surface area contributed by atoms with Crippen molar-refractivity contribution in [2.24, 2.45) is 0 Å². The van der Waals surface area contributed by atoms with Crippen LogP contribution in [0, 0.1) is 0 Å². The van der Waals surface area contributed by atoms with Crippen molar-refractivity contribution in [3.8, 4) is 11.5 Å². The van der Waals surface area contributed by atoms with Crippen LogP contribution >= 0.6 is 0 Å². The maximum atomic E-state index is 12.0. The maximum absolute atomic E-state index is 12.0. The summed E-state index contributed by atoms with van der Waals surface area (Å²) < 4.78 is 0. The number of nitrogens with one attached hydrogen (secondary N) is 2. The highest BCUT2D eigenvalue weighted by atomic mass is 16.3. The first-order valence-electron chi connectivity index (χ1n) is 5.37. The topological polar surface area (TPSA) is 101 Å². The van der Waals surface area contributed by atoms with E-state index >= 15 is 0 Å². The molecule has 1 aliphatic heterocycles. The van der Waals surface area contributed by atoms with Crippen LogP contribution in [-0.4, -0.2) is 56.5 Å². The number of H-pyrrole nitrogens is 2. The number of imidazole rings is 1. The monoisotopic (exact) mass is 248 g/mol. The van der Waals surface area contributed by atoms with Gasteiger partial charge in [0, 0.05) is 20.3 Å². The summed E-state index contributed by atoms with van der Waals surface area (Å²) in [5.74, 6) is 0.643. The Morgan fingerprint density at radius 1 is 1.39 bits per heavy atom. The van der Waals surface area contributed by atoms with Crippen LogP contribution in [0.15, 0.2) is 12.3 Å². The number of nitrogens with zero attached hydrogens (tertiary/aromatic N) is 4. The van der Waals surface area contributed by atoms with Crippen molar-refractivity contribution < 1.29 is 9.90 Å². The second-order valence-corrected chi connectivity index (χ2v) is 4.13. The Morgan fingerprint density at radius 2 is 2.17 bits per heavy atom. The number of aliphatic hydroxyl groups is 1. The zero-order valence-corrected chi connectivity index (χ0v) is 9.88. The third-order valence-corrected chi connectivity index (χ3v) is 3.00. The lowest BCUT2D eigenvalue weighted by Crippen LogP contribution is -2.52. The van der Waals surface area contributed by atoms with Gasteiger partial charge in [0.1, 0.15) is 11.4 Å². The molecule has 3 heterocycles. The van der Waals surface area contributed by atoms with E-state index in [4.69, 9.17) is 0 Å². The minimum absolute atomic E-state index is 0.297. The molecule has 94 valence electrons. The molecule has 2 aromatic heterocycles. The molecule has 0 spiro atoms. The van der Waals surface area contributed by atoms with Crippen LogP contribution < -0.4 is 4.90 Å². The highest BCUT2D eigenvalue weighted by Crippen LogP contribution is 2.28. The molecular formula is C10H12N6O2. The van der Waals surface area contributed by atoms with Crippen LogP contribution in [0.4, 0.5) is 5.82 Å². The van der Waals surface area contributed by atoms with Gasteiger partial charge >= 0.3 is 0 Å². The Labute approximate surface area is 102 Å². The third kappa shape index (κ3) is 1.32. The summed E-state index contributed by atoms with van der Waals surface area (Å²) in [7, 11) is 3.20. The van der Waals surface area contributed by atoms with Gasteiger partial charge in [0.05, 0.1) is 0 Å². The molecular weight excluding hydrogens is 236 g/mol. The average molecular weight is 248 g/mol. The van der Waals surface area contributed by atoms with Gasteiger partial charge < -0.3 is 15.0 Å². The van der Waals surface area contributed by atoms with Crippen molar-refractivity contribution in [3.63, 3.8) is 0 Å². The number of aromatic nitrogens is 4. The lowest BCUT2D eigenvalue weighted by molar-refractivity contribution is 0.0157. The fourth-order valence-electron chi connectivity index (χ4n) is 1.93. The number of aromatic amines is 2. The second-order valence-electron chi connectivity index (χ2n) is 4.13. The molecule has 8 nitrogen and oxygen atoms in total. The molecule has 0 saturated carbocycles. The average Bonchev–Trinajstić information content (AvgIpc) is 3.01. The van der Waals surface area contributed by atoms with Gasteiger partial charge in [-0.2, -0.15) is 5.10 Å². The largest absolute Gasteiger partial charge is 0.356 e. The minimum Gasteiger partial charge on any atom is -0.356 e. The van der Waals surface area contributed by atoms with E-state index in [1.807, 2.05) is 0 Å². The zero-order valence-electron chi connectivity index (χ0n) is 9.88. The summed E-state index contributed by atoms with van der Waals surface area (Å²) in [4.78, 5) is 22.0. The smallest absolute Gasteiger partial charge is 0.277 e. The van der Waals surface area contributed by atoms with E-state index < -0.39 is 6.35 Å². The Morgan fingerprint density at radius 3 is 2.83 bits per heavy atom. The molecule has 3 N–H and O–H groups in total. The fraction of sp³-hybridized carbons (Fsp3) is 0.300. The van der Waals surface area contributed by atoms with E-state index in [2.05, 4.69) is 20.2 Å². The van der Waals surface area contributed by atoms with Gasteiger partial charge in [0.2, 0.25) is 6.35 Å². The molecule has 1 atom stereocenters. The van der Waals surface area contributed by atoms with E-state index in [1.54, 1.807) is 19.3 Å². The molecule has 18 heavy (non-hydrogen) atoms. The van der Waals surface area contributed by atoms with Crippen molar-refractivity contribution in [3.05, 3.63) is 18.0 Å². The lowest BCUT2D eigenvalue weighted by atomic mass is 10.3. The van der Waals surface area contributed by atoms with Crippen LogP contribution in [-0.2, 0) is 0 Å². The van der Waals surface area contributed by atoms with E-state index in [0.29, 0.717) is 23.0 Å². The zero-order chi connectivity index (χ0) is 12.9. The molecule has 2 aromatic rings. The Hall–Kier alpha value is -2.35. The van der Waals surface area contributed by atoms with Gasteiger partial charge in [-0.15, -0.1) is 0 Å². The fourth-order valence-corrected chi connectivity index (χ4v) is 1.93. The molecule has 0 radical (unpaired) electrons. The minimum atomic E-state index is -1.01. The highest BCUT2D eigenvalue weighted by molar-refractivity contribution is 5.99. The van der Waals surface area contributed by atoms with E-state index in [9.17, 15) is 9.90 Å². The summed E-state index contributed by atoms with van der Waals surface area (Å²) in [6.07, 6.45) is 0.589. The number of hydrogen-bond acceptors (Lipinski definition) is 5. The molecule has 1 unspecified atom stereocenters. The molecule has 1 aliphatic rings. The number of rotatable bonds is 1. The third-order valence-electron chi connectivity index (χ3n) is 3.00. The van der Waals surface area contributed by atoms with Crippen molar-refractivity contribution in [2.45, 2.75) is 6.35 Å². The number of anilines is 1. The van der Waals surface area contributed by atoms with Crippen molar-refractivity contribution >= 4 is 11.7 Å². The van der Waals surface area contributed by atoms with Crippen LogP contribution in [0.1, 0.15) is 10.5 Å². The molecule has 3 rings (SSSR count). The normalized spacial score (nSPS) is 19.3. The summed E-state index contributed by atoms with van der Waals surface area (Å²) >= 11 is 0. The summed E-state index contributed by atoms with van der Waals surface area (Å²) in [6.45, 7) is 0. The van der Waals surface area contributed by atoms with Crippen molar-refractivity contribution in [2.75, 3.05) is 19.0 Å². The summed E-state index contributed by atoms with van der Waals surface area (Å²) in [6, 6.07) is 1.74. The Balaban J connectivity index is 2.12. The standard InChI is InChI=1S/C10H12N6O2/c1-15-8-6(9(17)16(2)10(15)18)12-7(13-8)5-3-4-11-14-5/h3-4,10,18H,1-2H3,(H,11,14)(H,12,13). The summed E-state index contributed by atoms with van der Waals surface area (Å²) in [5.41, 5.74) is 1.04. The first-order valence-corrected chi connectivity index (χ1v) is 5.37. The van der Waals surface area contributed by atoms with Gasteiger partial charge in [-0.3, -0.25) is 14.8 Å². The van der Waals surface area contributed by atoms with E-state index in [-0.39, 0.29) is 5.91 Å². The predicted molar refractivity (Wildman–Crippen MR) is 62.7 cm³/mol. The highest BCUT2D eigenvalue weighted by Gasteiger charge is 2.35. The van der Waals surface area contributed by atoms with Gasteiger partial charge in [0.15, 0.2) is 11.6 Å². The summed E-state index contributed by atoms with van der Waals surface area (Å²) in [5, 5.41) is 16.5. The number of fused-ring (bicyclic) bond motifs is 1.